The Balaban J connectivity index is 2.06. The average Bonchev–Trinajstić information content (AvgIpc) is 2.90. The lowest BCUT2D eigenvalue weighted by Crippen LogP contribution is -2.01. The molecule has 3 aromatic rings. The first-order valence-corrected chi connectivity index (χ1v) is 6.45. The molecule has 0 aliphatic rings. The molecule has 3 rings (SSSR count). The number of nitrogens with zero attached hydrogens (tertiary/aromatic N) is 2. The van der Waals surface area contributed by atoms with Crippen molar-refractivity contribution in [3.63, 3.8) is 0 Å². The highest BCUT2D eigenvalue weighted by atomic mass is 16.1. The quantitative estimate of drug-likeness (QED) is 0.533. The molecule has 2 aromatic carbocycles. The molecule has 0 bridgehead atoms. The lowest BCUT2D eigenvalue weighted by atomic mass is 10.0. The zero-order chi connectivity index (χ0) is 13.9. The molecule has 0 amide bonds. The number of hydrogen-bond acceptors (Lipinski definition) is 2. The van der Waals surface area contributed by atoms with Crippen LogP contribution in [0, 0.1) is 0 Å². The van der Waals surface area contributed by atoms with E-state index in [0.29, 0.717) is 17.7 Å². The summed E-state index contributed by atoms with van der Waals surface area (Å²) >= 11 is 0. The van der Waals surface area contributed by atoms with Crippen LogP contribution in [0.3, 0.4) is 0 Å². The minimum atomic E-state index is 0.0267. The van der Waals surface area contributed by atoms with Gasteiger partial charge in [0, 0.05) is 17.7 Å². The van der Waals surface area contributed by atoms with Crippen LogP contribution >= 0.6 is 0 Å². The smallest absolute Gasteiger partial charge is 0.193 e. The van der Waals surface area contributed by atoms with Gasteiger partial charge in [0.15, 0.2) is 5.78 Å². The Morgan fingerprint density at radius 3 is 2.70 bits per heavy atom. The molecule has 0 N–H and O–H groups in total. The molecule has 3 heteroatoms. The van der Waals surface area contributed by atoms with E-state index in [4.69, 9.17) is 0 Å². The average molecular weight is 262 g/mol. The van der Waals surface area contributed by atoms with Gasteiger partial charge in [-0.15, -0.1) is 6.58 Å². The van der Waals surface area contributed by atoms with Gasteiger partial charge in [-0.25, -0.2) is 4.98 Å². The van der Waals surface area contributed by atoms with Crippen LogP contribution in [0.5, 0.6) is 0 Å². The highest BCUT2D eigenvalue weighted by Gasteiger charge is 2.10. The molecule has 0 saturated heterocycles. The summed E-state index contributed by atoms with van der Waals surface area (Å²) in [5.74, 6) is 0.0267. The van der Waals surface area contributed by atoms with E-state index in [1.54, 1.807) is 6.33 Å². The van der Waals surface area contributed by atoms with Crippen molar-refractivity contribution in [3.8, 4) is 0 Å². The Bertz CT molecular complexity index is 772. The van der Waals surface area contributed by atoms with Crippen LogP contribution in [0.2, 0.25) is 0 Å². The lowest BCUT2D eigenvalue weighted by molar-refractivity contribution is 0.103. The summed E-state index contributed by atoms with van der Waals surface area (Å²) in [6.07, 6.45) is 3.58. The van der Waals surface area contributed by atoms with Crippen LogP contribution in [0.25, 0.3) is 11.0 Å². The maximum atomic E-state index is 12.4. The fraction of sp³-hybridized carbons (Fsp3) is 0.0588. The molecule has 0 aliphatic heterocycles. The molecule has 1 aromatic heterocycles. The van der Waals surface area contributed by atoms with Crippen molar-refractivity contribution in [2.75, 3.05) is 0 Å². The van der Waals surface area contributed by atoms with Gasteiger partial charge in [-0.05, 0) is 18.2 Å². The van der Waals surface area contributed by atoms with E-state index in [-0.39, 0.29) is 5.78 Å². The van der Waals surface area contributed by atoms with E-state index < -0.39 is 0 Å². The van der Waals surface area contributed by atoms with Crippen molar-refractivity contribution in [3.05, 3.63) is 78.6 Å². The van der Waals surface area contributed by atoms with E-state index in [0.717, 1.165) is 11.0 Å². The molecule has 20 heavy (non-hydrogen) atoms. The number of carbonyl (C=O) groups is 1. The highest BCUT2D eigenvalue weighted by Crippen LogP contribution is 2.17. The summed E-state index contributed by atoms with van der Waals surface area (Å²) in [7, 11) is 0. The molecular formula is C17H14N2O. The first-order valence-electron chi connectivity index (χ1n) is 6.45. The van der Waals surface area contributed by atoms with Crippen LogP contribution in [-0.2, 0) is 6.54 Å². The Kier molecular flexibility index (Phi) is 3.17. The Labute approximate surface area is 117 Å². The highest BCUT2D eigenvalue weighted by molar-refractivity contribution is 6.10. The Morgan fingerprint density at radius 1 is 1.15 bits per heavy atom. The second-order valence-corrected chi connectivity index (χ2v) is 4.58. The van der Waals surface area contributed by atoms with Gasteiger partial charge < -0.3 is 4.57 Å². The number of aromatic nitrogens is 2. The maximum Gasteiger partial charge on any atom is 0.193 e. The number of carbonyl (C=O) groups excluding carboxylic acids is 1. The van der Waals surface area contributed by atoms with E-state index in [9.17, 15) is 4.79 Å². The Hall–Kier alpha value is -2.68. The molecule has 3 nitrogen and oxygen atoms in total. The minimum Gasteiger partial charge on any atom is -0.327 e. The molecule has 0 saturated carbocycles. The van der Waals surface area contributed by atoms with Crippen molar-refractivity contribution in [2.24, 2.45) is 0 Å². The predicted octanol–water partition coefficient (Wildman–Crippen LogP) is 3.45. The summed E-state index contributed by atoms with van der Waals surface area (Å²) in [5, 5.41) is 0. The van der Waals surface area contributed by atoms with E-state index in [1.165, 1.54) is 0 Å². The first kappa shape index (κ1) is 12.4. The number of allylic oxidation sites excluding steroid dienone is 1. The van der Waals surface area contributed by atoms with Gasteiger partial charge in [0.2, 0.25) is 0 Å². The largest absolute Gasteiger partial charge is 0.327 e. The number of fused-ring (bicyclic) bond motifs is 1. The molecule has 1 heterocycles. The predicted molar refractivity (Wildman–Crippen MR) is 79.8 cm³/mol. The summed E-state index contributed by atoms with van der Waals surface area (Å²) in [5.41, 5.74) is 3.21. The maximum absolute atomic E-state index is 12.4. The summed E-state index contributed by atoms with van der Waals surface area (Å²) in [4.78, 5) is 16.7. The van der Waals surface area contributed by atoms with Crippen LogP contribution in [-0.4, -0.2) is 15.3 Å². The van der Waals surface area contributed by atoms with Crippen LogP contribution < -0.4 is 0 Å². The monoisotopic (exact) mass is 262 g/mol. The summed E-state index contributed by atoms with van der Waals surface area (Å²) in [6, 6.07) is 14.9. The molecule has 0 radical (unpaired) electrons. The van der Waals surface area contributed by atoms with Crippen molar-refractivity contribution >= 4 is 16.8 Å². The SMILES string of the molecule is C=CCn1cnc2ccc(C(=O)c3ccccc3)cc21. The fourth-order valence-corrected chi connectivity index (χ4v) is 2.24. The molecule has 0 atom stereocenters. The molecule has 0 aliphatic carbocycles. The first-order chi connectivity index (χ1) is 9.79. The lowest BCUT2D eigenvalue weighted by Gasteiger charge is -2.03. The van der Waals surface area contributed by atoms with Gasteiger partial charge in [0.1, 0.15) is 0 Å². The number of benzene rings is 2. The second kappa shape index (κ2) is 5.13. The van der Waals surface area contributed by atoms with Crippen LogP contribution in [0.4, 0.5) is 0 Å². The van der Waals surface area contributed by atoms with Gasteiger partial charge in [0.25, 0.3) is 0 Å². The summed E-state index contributed by atoms with van der Waals surface area (Å²) < 4.78 is 1.98. The zero-order valence-corrected chi connectivity index (χ0v) is 11.0. The van der Waals surface area contributed by atoms with Gasteiger partial charge in [-0.3, -0.25) is 4.79 Å². The van der Waals surface area contributed by atoms with Crippen molar-refractivity contribution in [1.29, 1.82) is 0 Å². The van der Waals surface area contributed by atoms with E-state index in [1.807, 2.05) is 59.2 Å². The normalized spacial score (nSPS) is 10.6. The molecule has 0 fully saturated rings. The van der Waals surface area contributed by atoms with Gasteiger partial charge in [-0.1, -0.05) is 36.4 Å². The van der Waals surface area contributed by atoms with Gasteiger partial charge >= 0.3 is 0 Å². The molecule has 0 unspecified atom stereocenters. The van der Waals surface area contributed by atoms with E-state index >= 15 is 0 Å². The minimum absolute atomic E-state index is 0.0267. The zero-order valence-electron chi connectivity index (χ0n) is 11.0. The van der Waals surface area contributed by atoms with Crippen molar-refractivity contribution < 1.29 is 4.79 Å². The topological polar surface area (TPSA) is 34.9 Å². The van der Waals surface area contributed by atoms with E-state index in [2.05, 4.69) is 11.6 Å². The van der Waals surface area contributed by atoms with Crippen LogP contribution in [0.15, 0.2) is 67.5 Å². The summed E-state index contributed by atoms with van der Waals surface area (Å²) in [6.45, 7) is 4.41. The third-order valence-electron chi connectivity index (χ3n) is 3.25. The number of hydrogen-bond donors (Lipinski definition) is 0. The fourth-order valence-electron chi connectivity index (χ4n) is 2.24. The standard InChI is InChI=1S/C17H14N2O/c1-2-10-19-12-18-15-9-8-14(11-16(15)19)17(20)13-6-4-3-5-7-13/h2-9,11-12H,1,10H2. The molecular weight excluding hydrogens is 248 g/mol. The van der Waals surface area contributed by atoms with Crippen molar-refractivity contribution in [2.45, 2.75) is 6.54 Å². The second-order valence-electron chi connectivity index (χ2n) is 4.58. The third-order valence-corrected chi connectivity index (χ3v) is 3.25. The third kappa shape index (κ3) is 2.14. The van der Waals surface area contributed by atoms with Gasteiger partial charge in [-0.2, -0.15) is 0 Å². The Morgan fingerprint density at radius 2 is 1.95 bits per heavy atom. The van der Waals surface area contributed by atoms with Crippen LogP contribution in [0.1, 0.15) is 15.9 Å². The van der Waals surface area contributed by atoms with Gasteiger partial charge in [0.05, 0.1) is 17.4 Å². The number of ketones is 1. The number of rotatable bonds is 4. The molecule has 0 spiro atoms. The number of imidazole rings is 1. The molecule has 98 valence electrons. The van der Waals surface area contributed by atoms with Crippen molar-refractivity contribution in [1.82, 2.24) is 9.55 Å².